The monoisotopic (exact) mass is 158 g/mol. The van der Waals surface area contributed by atoms with Crippen molar-refractivity contribution in [1.29, 1.82) is 0 Å². The normalized spacial score (nSPS) is 17.9. The number of fused-ring (bicyclic) bond motifs is 1. The molecule has 0 N–H and O–H groups in total. The van der Waals surface area contributed by atoms with Crippen LogP contribution in [-0.4, -0.2) is 0 Å². The van der Waals surface area contributed by atoms with Crippen molar-refractivity contribution in [3.63, 3.8) is 0 Å². The maximum absolute atomic E-state index is 2.34. The molecule has 1 aliphatic carbocycles. The lowest BCUT2D eigenvalue weighted by molar-refractivity contribution is 0.724. The van der Waals surface area contributed by atoms with Crippen LogP contribution in [0.3, 0.4) is 0 Å². The molecule has 0 saturated heterocycles. The first-order valence-corrected chi connectivity index (χ1v) is 4.40. The molecule has 12 heavy (non-hydrogen) atoms. The lowest BCUT2D eigenvalue weighted by Crippen LogP contribution is -2.23. The molecule has 0 nitrogen and oxygen atoms in total. The van der Waals surface area contributed by atoms with Gasteiger partial charge in [0.05, 0.1) is 0 Å². The summed E-state index contributed by atoms with van der Waals surface area (Å²) in [5.74, 6) is 0. The Morgan fingerprint density at radius 2 is 1.83 bits per heavy atom. The van der Waals surface area contributed by atoms with Crippen molar-refractivity contribution in [2.45, 2.75) is 20.8 Å². The Balaban J connectivity index is 2.86. The third kappa shape index (κ3) is 1.08. The molecule has 1 aliphatic rings. The summed E-state index contributed by atoms with van der Waals surface area (Å²) in [7, 11) is 0. The smallest absolute Gasteiger partial charge is 0.00229 e. The van der Waals surface area contributed by atoms with Crippen molar-refractivity contribution in [1.82, 2.24) is 0 Å². The summed E-state index contributed by atoms with van der Waals surface area (Å²) >= 11 is 0. The molecule has 2 rings (SSSR count). The first-order chi connectivity index (χ1) is 5.58. The Kier molecular flexibility index (Phi) is 1.41. The highest BCUT2D eigenvalue weighted by atomic mass is 14.2. The summed E-state index contributed by atoms with van der Waals surface area (Å²) in [6, 6.07) is 6.48. The maximum atomic E-state index is 2.34. The Hall–Kier alpha value is -1.04. The van der Waals surface area contributed by atoms with E-state index in [9.17, 15) is 0 Å². The lowest BCUT2D eigenvalue weighted by Gasteiger charge is -2.08. The molecule has 0 heteroatoms. The number of benzene rings is 1. The second-order valence-electron chi connectivity index (χ2n) is 4.19. The van der Waals surface area contributed by atoms with E-state index in [-0.39, 0.29) is 5.41 Å². The minimum Gasteiger partial charge on any atom is -0.0672 e. The van der Waals surface area contributed by atoms with Crippen LogP contribution in [0, 0.1) is 12.3 Å². The van der Waals surface area contributed by atoms with Crippen LogP contribution in [0.4, 0.5) is 0 Å². The van der Waals surface area contributed by atoms with E-state index in [1.165, 1.54) is 16.0 Å². The largest absolute Gasteiger partial charge is 0.0672 e. The minimum absolute atomic E-state index is 0.244. The summed E-state index contributed by atoms with van der Waals surface area (Å²) in [5, 5.41) is 2.81. The minimum atomic E-state index is 0.244. The predicted molar refractivity (Wildman–Crippen MR) is 53.1 cm³/mol. The van der Waals surface area contributed by atoms with Crippen molar-refractivity contribution in [2.24, 2.45) is 5.41 Å². The fourth-order valence-electron chi connectivity index (χ4n) is 1.84. The highest BCUT2D eigenvalue weighted by molar-refractivity contribution is 5.56. The zero-order valence-electron chi connectivity index (χ0n) is 7.89. The van der Waals surface area contributed by atoms with Crippen molar-refractivity contribution in [2.75, 3.05) is 0 Å². The van der Waals surface area contributed by atoms with Gasteiger partial charge in [-0.2, -0.15) is 0 Å². The second-order valence-corrected chi connectivity index (χ2v) is 4.19. The van der Waals surface area contributed by atoms with E-state index >= 15 is 0 Å². The van der Waals surface area contributed by atoms with E-state index < -0.39 is 0 Å². The van der Waals surface area contributed by atoms with Gasteiger partial charge in [0, 0.05) is 5.41 Å². The zero-order chi connectivity index (χ0) is 8.77. The molecule has 1 aromatic rings. The van der Waals surface area contributed by atoms with Gasteiger partial charge in [0.15, 0.2) is 0 Å². The highest BCUT2D eigenvalue weighted by Crippen LogP contribution is 2.20. The molecule has 0 unspecified atom stereocenters. The van der Waals surface area contributed by atoms with Gasteiger partial charge in [-0.15, -0.1) is 0 Å². The average Bonchev–Trinajstić information content (AvgIpc) is 2.25. The SMILES string of the molecule is Cc1cccc2c1=CC(C)(C)C=2. The third-order valence-electron chi connectivity index (χ3n) is 2.40. The highest BCUT2D eigenvalue weighted by Gasteiger charge is 2.14. The fraction of sp³-hybridized carbons (Fsp3) is 0.333. The van der Waals surface area contributed by atoms with Crippen LogP contribution in [0.25, 0.3) is 12.2 Å². The van der Waals surface area contributed by atoms with E-state index in [1.807, 2.05) is 0 Å². The van der Waals surface area contributed by atoms with Gasteiger partial charge in [0.25, 0.3) is 0 Å². The molecule has 0 heterocycles. The Bertz CT molecular complexity index is 422. The topological polar surface area (TPSA) is 0 Å². The molecule has 0 atom stereocenters. The van der Waals surface area contributed by atoms with Crippen LogP contribution in [0.15, 0.2) is 18.2 Å². The van der Waals surface area contributed by atoms with Gasteiger partial charge in [-0.3, -0.25) is 0 Å². The lowest BCUT2D eigenvalue weighted by atomic mass is 9.96. The van der Waals surface area contributed by atoms with Gasteiger partial charge in [-0.1, -0.05) is 44.2 Å². The molecule has 1 aromatic carbocycles. The molecule has 0 saturated carbocycles. The molecule has 0 radical (unpaired) electrons. The van der Waals surface area contributed by atoms with Gasteiger partial charge < -0.3 is 0 Å². The van der Waals surface area contributed by atoms with Crippen LogP contribution >= 0.6 is 0 Å². The standard InChI is InChI=1S/C12H14/c1-9-5-4-6-10-7-12(2,3)8-11(9)10/h4-8H,1-3H3. The maximum Gasteiger partial charge on any atom is 0.00229 e. The van der Waals surface area contributed by atoms with Crippen molar-refractivity contribution in [3.8, 4) is 0 Å². The molecular weight excluding hydrogens is 144 g/mol. The molecule has 62 valence electrons. The summed E-state index contributed by atoms with van der Waals surface area (Å²) in [4.78, 5) is 0. The molecule has 0 fully saturated rings. The average molecular weight is 158 g/mol. The zero-order valence-corrected chi connectivity index (χ0v) is 7.89. The first-order valence-electron chi connectivity index (χ1n) is 4.40. The Labute approximate surface area is 73.2 Å². The third-order valence-corrected chi connectivity index (χ3v) is 2.40. The van der Waals surface area contributed by atoms with Crippen molar-refractivity contribution >= 4 is 12.2 Å². The van der Waals surface area contributed by atoms with Gasteiger partial charge in [0.1, 0.15) is 0 Å². The van der Waals surface area contributed by atoms with Crippen LogP contribution in [0.5, 0.6) is 0 Å². The van der Waals surface area contributed by atoms with Crippen LogP contribution in [-0.2, 0) is 0 Å². The van der Waals surface area contributed by atoms with Crippen molar-refractivity contribution < 1.29 is 0 Å². The number of rotatable bonds is 0. The molecule has 0 aliphatic heterocycles. The summed E-state index contributed by atoms with van der Waals surface area (Å²) < 4.78 is 0. The second kappa shape index (κ2) is 2.22. The molecule has 0 spiro atoms. The van der Waals surface area contributed by atoms with E-state index in [0.29, 0.717) is 0 Å². The van der Waals surface area contributed by atoms with Gasteiger partial charge in [0.2, 0.25) is 0 Å². The molecule has 0 aromatic heterocycles. The number of aryl methyl sites for hydroxylation is 1. The fourth-order valence-corrected chi connectivity index (χ4v) is 1.84. The van der Waals surface area contributed by atoms with E-state index in [4.69, 9.17) is 0 Å². The Morgan fingerprint density at radius 3 is 2.50 bits per heavy atom. The predicted octanol–water partition coefficient (Wildman–Crippen LogP) is 1.60. The van der Waals surface area contributed by atoms with E-state index in [0.717, 1.165) is 0 Å². The molecular formula is C12H14. The van der Waals surface area contributed by atoms with Gasteiger partial charge in [-0.25, -0.2) is 0 Å². The first kappa shape index (κ1) is 7.60. The quantitative estimate of drug-likeness (QED) is 0.538. The van der Waals surface area contributed by atoms with Gasteiger partial charge in [-0.05, 0) is 22.9 Å². The number of hydrogen-bond donors (Lipinski definition) is 0. The van der Waals surface area contributed by atoms with Crippen molar-refractivity contribution in [3.05, 3.63) is 34.2 Å². The van der Waals surface area contributed by atoms with Gasteiger partial charge >= 0.3 is 0 Å². The van der Waals surface area contributed by atoms with E-state index in [1.54, 1.807) is 0 Å². The summed E-state index contributed by atoms with van der Waals surface area (Å²) in [6.07, 6.45) is 4.67. The number of hydrogen-bond acceptors (Lipinski definition) is 0. The van der Waals surface area contributed by atoms with E-state index in [2.05, 4.69) is 51.1 Å². The van der Waals surface area contributed by atoms with Crippen LogP contribution in [0.2, 0.25) is 0 Å². The summed E-state index contributed by atoms with van der Waals surface area (Å²) in [6.45, 7) is 6.66. The Morgan fingerprint density at radius 1 is 1.08 bits per heavy atom. The molecule has 0 bridgehead atoms. The van der Waals surface area contributed by atoms with Crippen LogP contribution in [0.1, 0.15) is 19.4 Å². The molecule has 0 amide bonds. The summed E-state index contributed by atoms with van der Waals surface area (Å²) in [5.41, 5.74) is 1.63. The van der Waals surface area contributed by atoms with Crippen LogP contribution < -0.4 is 10.4 Å².